The number of hydrogen-bond acceptors (Lipinski definition) is 2. The average molecular weight is 284 g/mol. The number of unbranched alkanes of at least 4 members (excludes halogenated alkanes) is 5. The first-order chi connectivity index (χ1) is 9.15. The molecule has 0 aromatic rings. The number of carbonyl (C=O) groups excluding carboxylic acids is 1. The van der Waals surface area contributed by atoms with Crippen molar-refractivity contribution in [2.75, 3.05) is 0 Å². The molecule has 3 nitrogen and oxygen atoms in total. The molecule has 0 aromatic heterocycles. The van der Waals surface area contributed by atoms with Gasteiger partial charge in [0.05, 0.1) is 4.99 Å². The molecule has 3 N–H and O–H groups in total. The third-order valence-corrected chi connectivity index (χ3v) is 4.29. The maximum atomic E-state index is 11.9. The molecule has 4 heteroatoms. The molecule has 2 unspecified atom stereocenters. The molecule has 0 saturated heterocycles. The fourth-order valence-electron chi connectivity index (χ4n) is 2.82. The Kier molecular flexibility index (Phi) is 8.03. The molecule has 0 bridgehead atoms. The lowest BCUT2D eigenvalue weighted by Gasteiger charge is -2.19. The highest BCUT2D eigenvalue weighted by Crippen LogP contribution is 2.26. The van der Waals surface area contributed by atoms with E-state index < -0.39 is 0 Å². The van der Waals surface area contributed by atoms with Crippen molar-refractivity contribution in [2.24, 2.45) is 11.7 Å². The minimum atomic E-state index is 0.170. The number of hydrogen-bond donors (Lipinski definition) is 2. The molecule has 0 radical (unpaired) electrons. The quantitative estimate of drug-likeness (QED) is 0.504. The first-order valence-electron chi connectivity index (χ1n) is 7.73. The van der Waals surface area contributed by atoms with Crippen LogP contribution in [0.1, 0.15) is 71.1 Å². The second-order valence-electron chi connectivity index (χ2n) is 5.63. The van der Waals surface area contributed by atoms with Crippen LogP contribution in [0.15, 0.2) is 0 Å². The van der Waals surface area contributed by atoms with Crippen LogP contribution < -0.4 is 11.1 Å². The Morgan fingerprint density at radius 2 is 1.89 bits per heavy atom. The zero-order valence-electron chi connectivity index (χ0n) is 12.1. The summed E-state index contributed by atoms with van der Waals surface area (Å²) in [4.78, 5) is 12.4. The van der Waals surface area contributed by atoms with Crippen LogP contribution in [-0.4, -0.2) is 16.9 Å². The number of nitrogens with two attached hydrogens (primary N) is 1. The first-order valence-corrected chi connectivity index (χ1v) is 8.14. The molecule has 0 aliphatic heterocycles. The van der Waals surface area contributed by atoms with Gasteiger partial charge in [0.15, 0.2) is 0 Å². The van der Waals surface area contributed by atoms with Gasteiger partial charge in [0, 0.05) is 18.4 Å². The Morgan fingerprint density at radius 1 is 1.21 bits per heavy atom. The third-order valence-electron chi connectivity index (χ3n) is 3.99. The second-order valence-corrected chi connectivity index (χ2v) is 6.10. The zero-order chi connectivity index (χ0) is 14.1. The van der Waals surface area contributed by atoms with Crippen LogP contribution in [0.25, 0.3) is 0 Å². The SMILES string of the molecule is CCCCCCCCC(=O)NC1CCCC1C(N)=S. The van der Waals surface area contributed by atoms with Crippen LogP contribution in [0.5, 0.6) is 0 Å². The summed E-state index contributed by atoms with van der Waals surface area (Å²) in [6.45, 7) is 2.22. The minimum absolute atomic E-state index is 0.170. The molecule has 1 aliphatic rings. The summed E-state index contributed by atoms with van der Waals surface area (Å²) in [5, 5.41) is 3.11. The molecule has 0 heterocycles. The van der Waals surface area contributed by atoms with Gasteiger partial charge >= 0.3 is 0 Å². The van der Waals surface area contributed by atoms with E-state index in [0.717, 1.165) is 32.1 Å². The predicted molar refractivity (Wildman–Crippen MR) is 84.1 cm³/mol. The van der Waals surface area contributed by atoms with Gasteiger partial charge in [-0.3, -0.25) is 4.79 Å². The second kappa shape index (κ2) is 9.29. The summed E-state index contributed by atoms with van der Waals surface area (Å²) in [6.07, 6.45) is 11.1. The Bertz CT molecular complexity index is 294. The fourth-order valence-corrected chi connectivity index (χ4v) is 3.10. The highest BCUT2D eigenvalue weighted by Gasteiger charge is 2.30. The zero-order valence-corrected chi connectivity index (χ0v) is 12.9. The largest absolute Gasteiger partial charge is 0.393 e. The Balaban J connectivity index is 2.12. The fraction of sp³-hybridized carbons (Fsp3) is 0.867. The van der Waals surface area contributed by atoms with Crippen molar-refractivity contribution in [1.82, 2.24) is 5.32 Å². The number of thiocarbonyl (C=S) groups is 1. The van der Waals surface area contributed by atoms with Crippen LogP contribution in [0.2, 0.25) is 0 Å². The van der Waals surface area contributed by atoms with E-state index in [-0.39, 0.29) is 17.9 Å². The van der Waals surface area contributed by atoms with Gasteiger partial charge in [0.25, 0.3) is 0 Å². The maximum Gasteiger partial charge on any atom is 0.220 e. The van der Waals surface area contributed by atoms with Crippen molar-refractivity contribution in [3.8, 4) is 0 Å². The van der Waals surface area contributed by atoms with Crippen LogP contribution >= 0.6 is 12.2 Å². The number of carbonyl (C=O) groups is 1. The Hall–Kier alpha value is -0.640. The normalized spacial score (nSPS) is 22.4. The Morgan fingerprint density at radius 3 is 2.58 bits per heavy atom. The van der Waals surface area contributed by atoms with E-state index in [4.69, 9.17) is 18.0 Å². The highest BCUT2D eigenvalue weighted by molar-refractivity contribution is 7.80. The molecule has 1 aliphatic carbocycles. The van der Waals surface area contributed by atoms with E-state index >= 15 is 0 Å². The molecule has 110 valence electrons. The van der Waals surface area contributed by atoms with Gasteiger partial charge in [0.2, 0.25) is 5.91 Å². The van der Waals surface area contributed by atoms with Gasteiger partial charge < -0.3 is 11.1 Å². The van der Waals surface area contributed by atoms with Crippen molar-refractivity contribution in [3.63, 3.8) is 0 Å². The lowest BCUT2D eigenvalue weighted by Crippen LogP contribution is -2.41. The van der Waals surface area contributed by atoms with E-state index in [1.165, 1.54) is 25.7 Å². The summed E-state index contributed by atoms with van der Waals surface area (Å²) in [6, 6.07) is 0.185. The van der Waals surface area contributed by atoms with Crippen molar-refractivity contribution in [3.05, 3.63) is 0 Å². The first kappa shape index (κ1) is 16.4. The van der Waals surface area contributed by atoms with Gasteiger partial charge in [-0.05, 0) is 19.3 Å². The van der Waals surface area contributed by atoms with Crippen molar-refractivity contribution in [1.29, 1.82) is 0 Å². The van der Waals surface area contributed by atoms with Crippen molar-refractivity contribution < 1.29 is 4.79 Å². The molecule has 1 fully saturated rings. The number of nitrogens with one attached hydrogen (secondary N) is 1. The monoisotopic (exact) mass is 284 g/mol. The van der Waals surface area contributed by atoms with Crippen molar-refractivity contribution in [2.45, 2.75) is 77.2 Å². The number of rotatable bonds is 9. The van der Waals surface area contributed by atoms with Gasteiger partial charge in [-0.2, -0.15) is 0 Å². The molecule has 1 amide bonds. The summed E-state index contributed by atoms with van der Waals surface area (Å²) in [7, 11) is 0. The van der Waals surface area contributed by atoms with Gasteiger partial charge in [-0.25, -0.2) is 0 Å². The molecule has 0 spiro atoms. The van der Waals surface area contributed by atoms with Crippen LogP contribution in [0, 0.1) is 5.92 Å². The van der Waals surface area contributed by atoms with E-state index in [2.05, 4.69) is 12.2 Å². The third kappa shape index (κ3) is 6.37. The van der Waals surface area contributed by atoms with E-state index in [9.17, 15) is 4.79 Å². The summed E-state index contributed by atoms with van der Waals surface area (Å²) < 4.78 is 0. The van der Waals surface area contributed by atoms with E-state index in [0.29, 0.717) is 11.4 Å². The molecule has 19 heavy (non-hydrogen) atoms. The van der Waals surface area contributed by atoms with Crippen LogP contribution in [0.4, 0.5) is 0 Å². The minimum Gasteiger partial charge on any atom is -0.393 e. The lowest BCUT2D eigenvalue weighted by atomic mass is 10.0. The molecule has 0 aromatic carbocycles. The molecule has 1 rings (SSSR count). The summed E-state index contributed by atoms with van der Waals surface area (Å²) >= 11 is 5.06. The molecule has 2 atom stereocenters. The molecule has 1 saturated carbocycles. The van der Waals surface area contributed by atoms with Crippen molar-refractivity contribution >= 4 is 23.1 Å². The molecular weight excluding hydrogens is 256 g/mol. The van der Waals surface area contributed by atoms with Gasteiger partial charge in [-0.1, -0.05) is 57.7 Å². The van der Waals surface area contributed by atoms with Crippen LogP contribution in [-0.2, 0) is 4.79 Å². The Labute approximate surface area is 122 Å². The number of amides is 1. The van der Waals surface area contributed by atoms with Crippen LogP contribution in [0.3, 0.4) is 0 Å². The predicted octanol–water partition coefficient (Wildman–Crippen LogP) is 3.31. The maximum absolute atomic E-state index is 11.9. The lowest BCUT2D eigenvalue weighted by molar-refractivity contribution is -0.122. The smallest absolute Gasteiger partial charge is 0.220 e. The topological polar surface area (TPSA) is 55.1 Å². The standard InChI is InChI=1S/C15H28N2OS/c1-2-3-4-5-6-7-11-14(18)17-13-10-8-9-12(13)15(16)19/h12-13H,2-11H2,1H3,(H2,16,19)(H,17,18). The van der Waals surface area contributed by atoms with Gasteiger partial charge in [-0.15, -0.1) is 0 Å². The molecular formula is C15H28N2OS. The average Bonchev–Trinajstić information content (AvgIpc) is 2.81. The summed E-state index contributed by atoms with van der Waals surface area (Å²) in [5.41, 5.74) is 5.71. The van der Waals surface area contributed by atoms with Gasteiger partial charge in [0.1, 0.15) is 0 Å². The van der Waals surface area contributed by atoms with E-state index in [1.54, 1.807) is 0 Å². The summed E-state index contributed by atoms with van der Waals surface area (Å²) in [5.74, 6) is 0.382. The highest BCUT2D eigenvalue weighted by atomic mass is 32.1. The van der Waals surface area contributed by atoms with E-state index in [1.807, 2.05) is 0 Å².